The minimum Gasteiger partial charge on any atom is -0.481 e. The number of hydrogen-bond acceptors (Lipinski definition) is 3. The van der Waals surface area contributed by atoms with Crippen molar-refractivity contribution in [3.63, 3.8) is 0 Å². The summed E-state index contributed by atoms with van der Waals surface area (Å²) in [6, 6.07) is 0. The van der Waals surface area contributed by atoms with Crippen molar-refractivity contribution < 1.29 is 20.1 Å². The molecular formula is C8H14O4. The number of rotatable bonds is 6. The maximum Gasteiger partial charge on any atom is 0.303 e. The van der Waals surface area contributed by atoms with Gasteiger partial charge in [-0.3, -0.25) is 4.79 Å². The summed E-state index contributed by atoms with van der Waals surface area (Å²) in [7, 11) is 0. The summed E-state index contributed by atoms with van der Waals surface area (Å²) in [6.07, 6.45) is 3.57. The molecule has 4 heteroatoms. The molecule has 0 heterocycles. The maximum atomic E-state index is 10.0. The number of aliphatic carboxylic acids is 1. The van der Waals surface area contributed by atoms with E-state index in [2.05, 4.69) is 0 Å². The molecule has 0 aliphatic carbocycles. The van der Waals surface area contributed by atoms with Gasteiger partial charge in [-0.05, 0) is 12.8 Å². The fourth-order valence-electron chi connectivity index (χ4n) is 0.653. The van der Waals surface area contributed by atoms with Gasteiger partial charge in [0.1, 0.15) is 0 Å². The number of carbonyl (C=O) groups is 1. The predicted molar refractivity (Wildman–Crippen MR) is 43.7 cm³/mol. The minimum atomic E-state index is -0.831. The van der Waals surface area contributed by atoms with Gasteiger partial charge in [0.05, 0.1) is 12.7 Å². The fourth-order valence-corrected chi connectivity index (χ4v) is 0.653. The molecule has 0 saturated carbocycles. The van der Waals surface area contributed by atoms with Crippen LogP contribution in [-0.4, -0.2) is 34.0 Å². The quantitative estimate of drug-likeness (QED) is 0.501. The molecule has 0 aromatic carbocycles. The lowest BCUT2D eigenvalue weighted by atomic mass is 10.2. The third kappa shape index (κ3) is 7.24. The summed E-state index contributed by atoms with van der Waals surface area (Å²) >= 11 is 0. The Balaban J connectivity index is 3.31. The molecule has 0 bridgehead atoms. The molecule has 0 fully saturated rings. The number of aliphatic hydroxyl groups excluding tert-OH is 2. The number of allylic oxidation sites excluding steroid dienone is 1. The highest BCUT2D eigenvalue weighted by atomic mass is 16.4. The standard InChI is InChI=1S/C8H14O4/c9-6-7(10)4-2-1-3-5-8(11)12/h1-2,7,9-10H,3-6H2,(H,11,12)/b2-1-. The Labute approximate surface area is 71.1 Å². The van der Waals surface area contributed by atoms with E-state index >= 15 is 0 Å². The zero-order chi connectivity index (χ0) is 9.40. The molecular weight excluding hydrogens is 160 g/mol. The van der Waals surface area contributed by atoms with Crippen molar-refractivity contribution in [1.29, 1.82) is 0 Å². The summed E-state index contributed by atoms with van der Waals surface area (Å²) in [5.41, 5.74) is 0. The lowest BCUT2D eigenvalue weighted by Gasteiger charge is -2.00. The lowest BCUT2D eigenvalue weighted by Crippen LogP contribution is -2.09. The first-order valence-electron chi connectivity index (χ1n) is 3.82. The van der Waals surface area contributed by atoms with Crippen LogP contribution in [0.5, 0.6) is 0 Å². The molecule has 0 amide bonds. The van der Waals surface area contributed by atoms with Gasteiger partial charge in [0, 0.05) is 6.42 Å². The summed E-state index contributed by atoms with van der Waals surface area (Å²) < 4.78 is 0. The third-order valence-electron chi connectivity index (χ3n) is 1.31. The van der Waals surface area contributed by atoms with E-state index in [0.717, 1.165) is 0 Å². The third-order valence-corrected chi connectivity index (χ3v) is 1.31. The van der Waals surface area contributed by atoms with Gasteiger partial charge in [-0.25, -0.2) is 0 Å². The lowest BCUT2D eigenvalue weighted by molar-refractivity contribution is -0.136. The number of aliphatic hydroxyl groups is 2. The van der Waals surface area contributed by atoms with Gasteiger partial charge in [-0.2, -0.15) is 0 Å². The average Bonchev–Trinajstić information content (AvgIpc) is 2.03. The highest BCUT2D eigenvalue weighted by Gasteiger charge is 1.96. The molecule has 1 unspecified atom stereocenters. The molecule has 0 saturated heterocycles. The molecule has 0 radical (unpaired) electrons. The molecule has 0 spiro atoms. The maximum absolute atomic E-state index is 10.0. The second kappa shape index (κ2) is 6.82. The molecule has 0 rings (SSSR count). The first kappa shape index (κ1) is 11.1. The second-order valence-corrected chi connectivity index (χ2v) is 2.48. The summed E-state index contributed by atoms with van der Waals surface area (Å²) in [4.78, 5) is 10.0. The van der Waals surface area contributed by atoms with Crippen LogP contribution in [0.4, 0.5) is 0 Å². The van der Waals surface area contributed by atoms with Crippen LogP contribution in [0.1, 0.15) is 19.3 Å². The van der Waals surface area contributed by atoms with E-state index in [-0.39, 0.29) is 13.0 Å². The molecule has 12 heavy (non-hydrogen) atoms. The molecule has 0 aromatic rings. The van der Waals surface area contributed by atoms with E-state index in [1.54, 1.807) is 12.2 Å². The van der Waals surface area contributed by atoms with Gasteiger partial charge < -0.3 is 15.3 Å². The van der Waals surface area contributed by atoms with E-state index in [4.69, 9.17) is 15.3 Å². The van der Waals surface area contributed by atoms with Crippen LogP contribution in [0, 0.1) is 0 Å². The van der Waals surface area contributed by atoms with Crippen LogP contribution in [0.2, 0.25) is 0 Å². The summed E-state index contributed by atoms with van der Waals surface area (Å²) in [6.45, 7) is -0.261. The molecule has 0 aliphatic rings. The number of carboxylic acids is 1. The Morgan fingerprint density at radius 2 is 2.08 bits per heavy atom. The molecule has 70 valence electrons. The molecule has 0 aliphatic heterocycles. The second-order valence-electron chi connectivity index (χ2n) is 2.48. The van der Waals surface area contributed by atoms with Crippen molar-refractivity contribution in [2.24, 2.45) is 0 Å². The van der Waals surface area contributed by atoms with Gasteiger partial charge >= 0.3 is 5.97 Å². The number of carboxylic acid groups (broad SMARTS) is 1. The van der Waals surface area contributed by atoms with Crippen LogP contribution in [0.3, 0.4) is 0 Å². The van der Waals surface area contributed by atoms with Crippen LogP contribution in [0.25, 0.3) is 0 Å². The Kier molecular flexibility index (Phi) is 6.32. The smallest absolute Gasteiger partial charge is 0.303 e. The van der Waals surface area contributed by atoms with E-state index in [1.807, 2.05) is 0 Å². The first-order valence-corrected chi connectivity index (χ1v) is 3.82. The van der Waals surface area contributed by atoms with Crippen LogP contribution in [-0.2, 0) is 4.79 Å². The predicted octanol–water partition coefficient (Wildman–Crippen LogP) is 0.151. The van der Waals surface area contributed by atoms with E-state index in [0.29, 0.717) is 12.8 Å². The SMILES string of the molecule is O=C(O)CC/C=C\CC(O)CO. The van der Waals surface area contributed by atoms with Crippen molar-refractivity contribution in [2.75, 3.05) is 6.61 Å². The van der Waals surface area contributed by atoms with Crippen LogP contribution >= 0.6 is 0 Å². The Bertz CT molecular complexity index is 153. The van der Waals surface area contributed by atoms with Gasteiger partial charge in [-0.1, -0.05) is 12.2 Å². The Morgan fingerprint density at radius 1 is 1.42 bits per heavy atom. The normalized spacial score (nSPS) is 13.5. The van der Waals surface area contributed by atoms with Crippen molar-refractivity contribution in [1.82, 2.24) is 0 Å². The van der Waals surface area contributed by atoms with Gasteiger partial charge in [0.25, 0.3) is 0 Å². The van der Waals surface area contributed by atoms with Gasteiger partial charge in [0.15, 0.2) is 0 Å². The molecule has 0 aromatic heterocycles. The van der Waals surface area contributed by atoms with Crippen molar-refractivity contribution in [2.45, 2.75) is 25.4 Å². The number of hydrogen-bond donors (Lipinski definition) is 3. The van der Waals surface area contributed by atoms with Crippen molar-refractivity contribution in [3.8, 4) is 0 Å². The van der Waals surface area contributed by atoms with E-state index < -0.39 is 12.1 Å². The van der Waals surface area contributed by atoms with Gasteiger partial charge in [0.2, 0.25) is 0 Å². The molecule has 4 nitrogen and oxygen atoms in total. The summed E-state index contributed by atoms with van der Waals surface area (Å²) in [5, 5.41) is 25.5. The summed E-state index contributed by atoms with van der Waals surface area (Å²) in [5.74, 6) is -0.831. The van der Waals surface area contributed by atoms with Crippen molar-refractivity contribution in [3.05, 3.63) is 12.2 Å². The largest absolute Gasteiger partial charge is 0.481 e. The Hall–Kier alpha value is -0.870. The monoisotopic (exact) mass is 174 g/mol. The molecule has 3 N–H and O–H groups in total. The zero-order valence-electron chi connectivity index (χ0n) is 6.81. The Morgan fingerprint density at radius 3 is 2.58 bits per heavy atom. The average molecular weight is 174 g/mol. The first-order chi connectivity index (χ1) is 5.66. The van der Waals surface area contributed by atoms with E-state index in [9.17, 15) is 4.79 Å². The van der Waals surface area contributed by atoms with E-state index in [1.165, 1.54) is 0 Å². The molecule has 1 atom stereocenters. The minimum absolute atomic E-state index is 0.103. The fraction of sp³-hybridized carbons (Fsp3) is 0.625. The highest BCUT2D eigenvalue weighted by Crippen LogP contribution is 1.95. The van der Waals surface area contributed by atoms with Crippen LogP contribution < -0.4 is 0 Å². The highest BCUT2D eigenvalue weighted by molar-refractivity contribution is 5.66. The van der Waals surface area contributed by atoms with Crippen LogP contribution in [0.15, 0.2) is 12.2 Å². The van der Waals surface area contributed by atoms with Crippen molar-refractivity contribution >= 4 is 5.97 Å². The topological polar surface area (TPSA) is 77.8 Å². The zero-order valence-corrected chi connectivity index (χ0v) is 6.81. The van der Waals surface area contributed by atoms with Gasteiger partial charge in [-0.15, -0.1) is 0 Å².